The summed E-state index contributed by atoms with van der Waals surface area (Å²) >= 11 is 1.61. The Balaban J connectivity index is 1.58. The second-order valence-electron chi connectivity index (χ2n) is 7.04. The molecular formula is C21H23N3O4S. The summed E-state index contributed by atoms with van der Waals surface area (Å²) in [6, 6.07) is 5.12. The van der Waals surface area contributed by atoms with Crippen molar-refractivity contribution in [2.75, 3.05) is 19.5 Å². The van der Waals surface area contributed by atoms with E-state index in [1.807, 2.05) is 0 Å². The van der Waals surface area contributed by atoms with Gasteiger partial charge in [-0.25, -0.2) is 4.98 Å². The Hall–Kier alpha value is -2.87. The summed E-state index contributed by atoms with van der Waals surface area (Å²) in [7, 11) is 3.09. The Kier molecular flexibility index (Phi) is 5.53. The lowest BCUT2D eigenvalue weighted by molar-refractivity contribution is -0.116. The van der Waals surface area contributed by atoms with Crippen molar-refractivity contribution in [3.8, 4) is 11.5 Å². The number of nitrogens with one attached hydrogen (secondary N) is 1. The molecule has 1 amide bonds. The molecule has 7 nitrogen and oxygen atoms in total. The minimum Gasteiger partial charge on any atom is -0.493 e. The molecule has 1 aliphatic rings. The van der Waals surface area contributed by atoms with Crippen LogP contribution in [0.3, 0.4) is 0 Å². The fourth-order valence-electron chi connectivity index (χ4n) is 3.74. The van der Waals surface area contributed by atoms with E-state index in [0.29, 0.717) is 22.6 Å². The molecule has 0 fully saturated rings. The first-order valence-electron chi connectivity index (χ1n) is 9.62. The van der Waals surface area contributed by atoms with Gasteiger partial charge in [-0.1, -0.05) is 6.42 Å². The number of benzene rings is 1. The zero-order valence-corrected chi connectivity index (χ0v) is 17.3. The van der Waals surface area contributed by atoms with Crippen molar-refractivity contribution in [1.29, 1.82) is 0 Å². The fourth-order valence-corrected chi connectivity index (χ4v) is 4.96. The molecule has 0 spiro atoms. The van der Waals surface area contributed by atoms with Crippen molar-refractivity contribution in [1.82, 2.24) is 9.55 Å². The standard InChI is InChI=1S/C21H23N3O4S/c1-27-15-9-8-13(10-16(15)28-2)23-18(25)11-24-12-22-20-19(21(24)26)14-6-4-3-5-7-17(14)29-20/h8-10,12H,3-7,11H2,1-2H3,(H,23,25). The van der Waals surface area contributed by atoms with E-state index in [1.165, 1.54) is 29.3 Å². The average molecular weight is 413 g/mol. The van der Waals surface area contributed by atoms with E-state index in [2.05, 4.69) is 10.3 Å². The summed E-state index contributed by atoms with van der Waals surface area (Å²) in [4.78, 5) is 32.1. The number of hydrogen-bond acceptors (Lipinski definition) is 6. The van der Waals surface area contributed by atoms with Crippen molar-refractivity contribution in [2.24, 2.45) is 0 Å². The molecule has 1 aromatic carbocycles. The predicted molar refractivity (Wildman–Crippen MR) is 113 cm³/mol. The number of ether oxygens (including phenoxy) is 2. The van der Waals surface area contributed by atoms with Gasteiger partial charge in [-0.2, -0.15) is 0 Å². The van der Waals surface area contributed by atoms with Crippen LogP contribution < -0.4 is 20.3 Å². The number of methoxy groups -OCH3 is 2. The van der Waals surface area contributed by atoms with Crippen molar-refractivity contribution in [3.05, 3.63) is 45.3 Å². The van der Waals surface area contributed by atoms with Crippen LogP contribution in [-0.4, -0.2) is 29.7 Å². The molecule has 0 bridgehead atoms. The number of aromatic nitrogens is 2. The lowest BCUT2D eigenvalue weighted by atomic mass is 10.1. The molecular weight excluding hydrogens is 390 g/mol. The van der Waals surface area contributed by atoms with Crippen LogP contribution in [0.25, 0.3) is 10.2 Å². The number of carbonyl (C=O) groups excluding carboxylic acids is 1. The summed E-state index contributed by atoms with van der Waals surface area (Å²) in [6.45, 7) is -0.0965. The highest BCUT2D eigenvalue weighted by Gasteiger charge is 2.19. The Morgan fingerprint density at radius 3 is 2.76 bits per heavy atom. The summed E-state index contributed by atoms with van der Waals surface area (Å²) in [6.07, 6.45) is 6.82. The van der Waals surface area contributed by atoms with Gasteiger partial charge in [0, 0.05) is 16.6 Å². The number of thiophene rings is 1. The zero-order valence-electron chi connectivity index (χ0n) is 16.5. The minimum absolute atomic E-state index is 0.0965. The van der Waals surface area contributed by atoms with Gasteiger partial charge in [-0.05, 0) is 43.4 Å². The van der Waals surface area contributed by atoms with Crippen molar-refractivity contribution >= 4 is 33.1 Å². The second kappa shape index (κ2) is 8.24. The van der Waals surface area contributed by atoms with E-state index in [0.717, 1.165) is 36.1 Å². The molecule has 0 saturated carbocycles. The van der Waals surface area contributed by atoms with E-state index in [4.69, 9.17) is 9.47 Å². The highest BCUT2D eigenvalue weighted by molar-refractivity contribution is 7.18. The second-order valence-corrected chi connectivity index (χ2v) is 8.12. The van der Waals surface area contributed by atoms with Crippen molar-refractivity contribution in [3.63, 3.8) is 0 Å². The molecule has 0 aliphatic heterocycles. The quantitative estimate of drug-likeness (QED) is 0.649. The van der Waals surface area contributed by atoms with E-state index >= 15 is 0 Å². The van der Waals surface area contributed by atoms with E-state index in [9.17, 15) is 9.59 Å². The van der Waals surface area contributed by atoms with Crippen molar-refractivity contribution in [2.45, 2.75) is 38.6 Å². The zero-order chi connectivity index (χ0) is 20.4. The molecule has 0 radical (unpaired) electrons. The molecule has 3 aromatic rings. The van der Waals surface area contributed by atoms with Gasteiger partial charge in [0.05, 0.1) is 25.9 Å². The number of aryl methyl sites for hydroxylation is 2. The van der Waals surface area contributed by atoms with Gasteiger partial charge in [0.15, 0.2) is 11.5 Å². The van der Waals surface area contributed by atoms with Crippen LogP contribution in [0.2, 0.25) is 0 Å². The third-order valence-corrected chi connectivity index (χ3v) is 6.37. The number of rotatable bonds is 5. The summed E-state index contributed by atoms with van der Waals surface area (Å²) in [5.41, 5.74) is 1.56. The van der Waals surface area contributed by atoms with Gasteiger partial charge in [-0.3, -0.25) is 14.2 Å². The Morgan fingerprint density at radius 2 is 1.97 bits per heavy atom. The number of hydrogen-bond donors (Lipinski definition) is 1. The Labute approximate surface area is 172 Å². The minimum atomic E-state index is -0.304. The molecule has 4 rings (SSSR count). The molecule has 29 heavy (non-hydrogen) atoms. The lowest BCUT2D eigenvalue weighted by Gasteiger charge is -2.11. The number of anilines is 1. The highest BCUT2D eigenvalue weighted by Crippen LogP contribution is 2.33. The van der Waals surface area contributed by atoms with Crippen LogP contribution in [0.4, 0.5) is 5.69 Å². The van der Waals surface area contributed by atoms with Crippen LogP contribution in [0.15, 0.2) is 29.3 Å². The topological polar surface area (TPSA) is 82.5 Å². The van der Waals surface area contributed by atoms with Crippen LogP contribution >= 0.6 is 11.3 Å². The summed E-state index contributed by atoms with van der Waals surface area (Å²) < 4.78 is 11.8. The van der Waals surface area contributed by atoms with Gasteiger partial charge in [-0.15, -0.1) is 11.3 Å². The van der Waals surface area contributed by atoms with Crippen LogP contribution in [0.5, 0.6) is 11.5 Å². The van der Waals surface area contributed by atoms with E-state index in [1.54, 1.807) is 36.6 Å². The molecule has 0 unspecified atom stereocenters. The smallest absolute Gasteiger partial charge is 0.262 e. The molecule has 2 aromatic heterocycles. The average Bonchev–Trinajstić information content (AvgIpc) is 2.92. The molecule has 0 atom stereocenters. The van der Waals surface area contributed by atoms with Gasteiger partial charge in [0.1, 0.15) is 11.4 Å². The molecule has 0 saturated heterocycles. The number of carbonyl (C=O) groups is 1. The maximum Gasteiger partial charge on any atom is 0.262 e. The number of amides is 1. The van der Waals surface area contributed by atoms with E-state index in [-0.39, 0.29) is 18.0 Å². The van der Waals surface area contributed by atoms with Gasteiger partial charge in [0.25, 0.3) is 5.56 Å². The lowest BCUT2D eigenvalue weighted by Crippen LogP contribution is -2.28. The maximum absolute atomic E-state index is 13.1. The van der Waals surface area contributed by atoms with Crippen LogP contribution in [0.1, 0.15) is 29.7 Å². The number of nitrogens with zero attached hydrogens (tertiary/aromatic N) is 2. The SMILES string of the molecule is COc1ccc(NC(=O)Cn2cnc3sc4c(c3c2=O)CCCCC4)cc1OC. The van der Waals surface area contributed by atoms with Crippen LogP contribution in [0, 0.1) is 0 Å². The Morgan fingerprint density at radius 1 is 1.17 bits per heavy atom. The maximum atomic E-state index is 13.1. The number of fused-ring (bicyclic) bond motifs is 3. The van der Waals surface area contributed by atoms with E-state index < -0.39 is 0 Å². The first-order chi connectivity index (χ1) is 14.1. The molecule has 2 heterocycles. The van der Waals surface area contributed by atoms with Gasteiger partial charge >= 0.3 is 0 Å². The monoisotopic (exact) mass is 413 g/mol. The summed E-state index contributed by atoms with van der Waals surface area (Å²) in [5.74, 6) is 0.794. The third kappa shape index (κ3) is 3.85. The molecule has 8 heteroatoms. The Bertz CT molecular complexity index is 1120. The van der Waals surface area contributed by atoms with Gasteiger partial charge < -0.3 is 14.8 Å². The first kappa shape index (κ1) is 19.4. The first-order valence-corrected chi connectivity index (χ1v) is 10.4. The van der Waals surface area contributed by atoms with Gasteiger partial charge in [0.2, 0.25) is 5.91 Å². The molecule has 1 N–H and O–H groups in total. The van der Waals surface area contributed by atoms with Crippen molar-refractivity contribution < 1.29 is 14.3 Å². The highest BCUT2D eigenvalue weighted by atomic mass is 32.1. The summed E-state index contributed by atoms with van der Waals surface area (Å²) in [5, 5.41) is 3.49. The molecule has 152 valence electrons. The third-order valence-electron chi connectivity index (χ3n) is 5.17. The molecule has 1 aliphatic carbocycles. The predicted octanol–water partition coefficient (Wildman–Crippen LogP) is 3.38. The fraction of sp³-hybridized carbons (Fsp3) is 0.381. The normalized spacial score (nSPS) is 13.6. The van der Waals surface area contributed by atoms with Crippen LogP contribution in [-0.2, 0) is 24.2 Å². The largest absolute Gasteiger partial charge is 0.493 e.